The van der Waals surface area contributed by atoms with Gasteiger partial charge in [-0.15, -0.1) is 0 Å². The zero-order valence-corrected chi connectivity index (χ0v) is 9.92. The summed E-state index contributed by atoms with van der Waals surface area (Å²) in [4.78, 5) is 9.33. The summed E-state index contributed by atoms with van der Waals surface area (Å²) in [6.07, 6.45) is 0. The molecule has 2 aromatic rings. The first-order valence-electron chi connectivity index (χ1n) is 5.62. The van der Waals surface area contributed by atoms with Gasteiger partial charge in [0, 0.05) is 0 Å². The second-order valence-corrected chi connectivity index (χ2v) is 3.83. The van der Waals surface area contributed by atoms with Crippen molar-refractivity contribution in [2.45, 2.75) is 6.61 Å². The van der Waals surface area contributed by atoms with Crippen molar-refractivity contribution in [3.63, 3.8) is 0 Å². The highest BCUT2D eigenvalue weighted by Gasteiger charge is 2.26. The van der Waals surface area contributed by atoms with E-state index in [-0.39, 0.29) is 6.61 Å². The number of benzene rings is 2. The molecule has 0 bridgehead atoms. The summed E-state index contributed by atoms with van der Waals surface area (Å²) in [7, 11) is -1.81. The van der Waals surface area contributed by atoms with Gasteiger partial charge in [0.15, 0.2) is 0 Å². The molecule has 2 rings (SSSR count). The maximum atomic E-state index is 13.3. The molecule has 19 heavy (non-hydrogen) atoms. The summed E-state index contributed by atoms with van der Waals surface area (Å²) in [5, 5.41) is 9.53. The van der Waals surface area contributed by atoms with Gasteiger partial charge in [0.1, 0.15) is 18.2 Å². The third-order valence-corrected chi connectivity index (χ3v) is 2.47. The molecule has 2 aromatic carbocycles. The van der Waals surface area contributed by atoms with E-state index < -0.39 is 24.2 Å². The molecular weight excluding hydrogens is 253 g/mol. The molecule has 0 radical (unpaired) electrons. The first kappa shape index (κ1) is 13.7. The van der Waals surface area contributed by atoms with E-state index in [0.717, 1.165) is 17.7 Å². The van der Waals surface area contributed by atoms with Crippen LogP contribution in [-0.4, -0.2) is 12.1 Å². The minimum atomic E-state index is -1.81. The van der Waals surface area contributed by atoms with Gasteiger partial charge in [-0.1, -0.05) is 36.4 Å². The van der Waals surface area contributed by atoms with Crippen LogP contribution in [0.25, 0.3) is 0 Å². The summed E-state index contributed by atoms with van der Waals surface area (Å²) in [6, 6.07) is 12.3. The van der Waals surface area contributed by atoms with Crippen molar-refractivity contribution in [1.29, 1.82) is 0 Å². The SMILES string of the molecule is OB(OOCc1ccccc1)c1c(F)cccc1F. The molecule has 0 heterocycles. The van der Waals surface area contributed by atoms with E-state index in [1.54, 1.807) is 12.1 Å². The van der Waals surface area contributed by atoms with Crippen LogP contribution >= 0.6 is 0 Å². The van der Waals surface area contributed by atoms with E-state index in [1.165, 1.54) is 6.07 Å². The molecule has 0 saturated heterocycles. The van der Waals surface area contributed by atoms with Gasteiger partial charge in [0.25, 0.3) is 0 Å². The van der Waals surface area contributed by atoms with E-state index in [4.69, 9.17) is 4.89 Å². The molecule has 1 N–H and O–H groups in total. The minimum Gasteiger partial charge on any atom is -0.421 e. The fraction of sp³-hybridized carbons (Fsp3) is 0.0769. The quantitative estimate of drug-likeness (QED) is 0.508. The molecule has 0 atom stereocenters. The lowest BCUT2D eigenvalue weighted by atomic mass is 9.79. The highest BCUT2D eigenvalue weighted by atomic mass is 19.1. The van der Waals surface area contributed by atoms with Crippen LogP contribution in [0.15, 0.2) is 48.5 Å². The molecule has 0 aliphatic heterocycles. The van der Waals surface area contributed by atoms with Crippen LogP contribution in [0.2, 0.25) is 0 Å². The Morgan fingerprint density at radius 1 is 0.947 bits per heavy atom. The van der Waals surface area contributed by atoms with Gasteiger partial charge in [-0.3, -0.25) is 4.81 Å². The lowest BCUT2D eigenvalue weighted by Gasteiger charge is -2.09. The Morgan fingerprint density at radius 3 is 2.21 bits per heavy atom. The van der Waals surface area contributed by atoms with Gasteiger partial charge in [0.2, 0.25) is 0 Å². The fourth-order valence-electron chi connectivity index (χ4n) is 1.54. The summed E-state index contributed by atoms with van der Waals surface area (Å²) in [6.45, 7) is 0.0635. The maximum Gasteiger partial charge on any atom is 0.528 e. The first-order valence-corrected chi connectivity index (χ1v) is 5.62. The van der Waals surface area contributed by atoms with Gasteiger partial charge in [-0.2, -0.15) is 0 Å². The van der Waals surface area contributed by atoms with Gasteiger partial charge >= 0.3 is 7.12 Å². The van der Waals surface area contributed by atoms with Gasteiger partial charge in [0.05, 0.1) is 5.46 Å². The van der Waals surface area contributed by atoms with Gasteiger partial charge in [-0.05, 0) is 17.7 Å². The molecule has 6 heteroatoms. The van der Waals surface area contributed by atoms with Crippen LogP contribution in [0.5, 0.6) is 0 Å². The van der Waals surface area contributed by atoms with Crippen LogP contribution in [0.1, 0.15) is 5.56 Å². The highest BCUT2D eigenvalue weighted by molar-refractivity contribution is 6.59. The second kappa shape index (κ2) is 6.42. The number of hydrogen-bond donors (Lipinski definition) is 1. The molecule has 98 valence electrons. The van der Waals surface area contributed by atoms with E-state index >= 15 is 0 Å². The monoisotopic (exact) mass is 264 g/mol. The van der Waals surface area contributed by atoms with Crippen molar-refractivity contribution in [2.24, 2.45) is 0 Å². The van der Waals surface area contributed by atoms with Crippen LogP contribution < -0.4 is 5.46 Å². The summed E-state index contributed by atoms with van der Waals surface area (Å²) >= 11 is 0. The van der Waals surface area contributed by atoms with Crippen LogP contribution in [-0.2, 0) is 16.3 Å². The zero-order chi connectivity index (χ0) is 13.7. The van der Waals surface area contributed by atoms with Crippen LogP contribution in [0, 0.1) is 11.6 Å². The Morgan fingerprint density at radius 2 is 1.58 bits per heavy atom. The molecule has 0 fully saturated rings. The Kier molecular flexibility index (Phi) is 4.62. The molecule has 0 aromatic heterocycles. The Hall–Kier alpha value is -1.76. The molecule has 0 unspecified atom stereocenters. The third-order valence-electron chi connectivity index (χ3n) is 2.47. The predicted molar refractivity (Wildman–Crippen MR) is 66.3 cm³/mol. The summed E-state index contributed by atoms with van der Waals surface area (Å²) in [5.41, 5.74) is 0.235. The molecule has 0 spiro atoms. The summed E-state index contributed by atoms with van der Waals surface area (Å²) in [5.74, 6) is -1.79. The van der Waals surface area contributed by atoms with E-state index in [0.29, 0.717) is 0 Å². The molecular formula is C13H11BF2O3. The normalized spacial score (nSPS) is 10.5. The van der Waals surface area contributed by atoms with Crippen LogP contribution in [0.4, 0.5) is 8.78 Å². The minimum absolute atomic E-state index is 0.0635. The van der Waals surface area contributed by atoms with Crippen molar-refractivity contribution in [2.75, 3.05) is 0 Å². The summed E-state index contributed by atoms with van der Waals surface area (Å²) < 4.78 is 26.6. The molecule has 3 nitrogen and oxygen atoms in total. The lowest BCUT2D eigenvalue weighted by Crippen LogP contribution is -2.38. The maximum absolute atomic E-state index is 13.3. The number of rotatable bonds is 5. The largest absolute Gasteiger partial charge is 0.528 e. The van der Waals surface area contributed by atoms with Crippen molar-refractivity contribution >= 4 is 12.6 Å². The van der Waals surface area contributed by atoms with E-state index in [9.17, 15) is 13.8 Å². The average Bonchev–Trinajstić information content (AvgIpc) is 2.40. The molecule has 0 amide bonds. The number of halogens is 2. The van der Waals surface area contributed by atoms with Gasteiger partial charge < -0.3 is 5.02 Å². The van der Waals surface area contributed by atoms with Crippen molar-refractivity contribution in [1.82, 2.24) is 0 Å². The zero-order valence-electron chi connectivity index (χ0n) is 9.92. The topological polar surface area (TPSA) is 38.7 Å². The Bertz CT molecular complexity index is 516. The van der Waals surface area contributed by atoms with E-state index in [1.807, 2.05) is 18.2 Å². The smallest absolute Gasteiger partial charge is 0.421 e. The number of hydrogen-bond acceptors (Lipinski definition) is 3. The van der Waals surface area contributed by atoms with Crippen molar-refractivity contribution in [3.05, 3.63) is 65.7 Å². The Balaban J connectivity index is 1.93. The lowest BCUT2D eigenvalue weighted by molar-refractivity contribution is -0.231. The molecule has 0 aliphatic carbocycles. The fourth-order valence-corrected chi connectivity index (χ4v) is 1.54. The van der Waals surface area contributed by atoms with E-state index in [2.05, 4.69) is 4.81 Å². The van der Waals surface area contributed by atoms with Crippen molar-refractivity contribution in [3.8, 4) is 0 Å². The van der Waals surface area contributed by atoms with Crippen molar-refractivity contribution < 1.29 is 23.5 Å². The Labute approximate surface area is 109 Å². The highest BCUT2D eigenvalue weighted by Crippen LogP contribution is 2.04. The first-order chi connectivity index (χ1) is 9.18. The predicted octanol–water partition coefficient (Wildman–Crippen LogP) is 1.80. The van der Waals surface area contributed by atoms with Crippen LogP contribution in [0.3, 0.4) is 0 Å². The standard InChI is InChI=1S/C13H11BF2O3/c15-11-7-4-8-12(16)13(11)14(17)19-18-9-10-5-2-1-3-6-10/h1-8,17H,9H2. The molecule has 0 saturated carbocycles. The second-order valence-electron chi connectivity index (χ2n) is 3.83. The van der Waals surface area contributed by atoms with Gasteiger partial charge in [-0.25, -0.2) is 13.7 Å². The third kappa shape index (κ3) is 3.60. The molecule has 0 aliphatic rings. The average molecular weight is 264 g/mol.